The largest absolute Gasteiger partial charge is 0.335 e. The molecule has 1 atom stereocenters. The van der Waals surface area contributed by atoms with E-state index in [1.54, 1.807) is 11.9 Å². The predicted octanol–water partition coefficient (Wildman–Crippen LogP) is 1.89. The standard InChI is InChI=1S/C13H14ClN3O/c1-3-8-17-13(18)16(2)9-12(15-17)10-4-6-11(14)7-5-10/h1,4-7,12,15H,8-9H2,2H3. The third-order valence-electron chi connectivity index (χ3n) is 2.85. The SMILES string of the molecule is C#CCN1NC(c2ccc(Cl)cc2)CN(C)C1=O. The van der Waals surface area contributed by atoms with Crippen molar-refractivity contribution in [1.82, 2.24) is 15.3 Å². The number of terminal acetylenes is 1. The number of hydrogen-bond donors (Lipinski definition) is 1. The van der Waals surface area contributed by atoms with Crippen LogP contribution < -0.4 is 5.43 Å². The van der Waals surface area contributed by atoms with Gasteiger partial charge in [-0.05, 0) is 17.7 Å². The van der Waals surface area contributed by atoms with Crippen LogP contribution in [-0.4, -0.2) is 36.1 Å². The summed E-state index contributed by atoms with van der Waals surface area (Å²) in [5.74, 6) is 2.46. The van der Waals surface area contributed by atoms with Gasteiger partial charge in [-0.1, -0.05) is 29.7 Å². The normalized spacial score (nSPS) is 19.8. The average Bonchev–Trinajstić information content (AvgIpc) is 2.36. The molecule has 1 N–H and O–H groups in total. The first-order valence-corrected chi connectivity index (χ1v) is 5.97. The minimum absolute atomic E-state index is 0.0262. The second-order valence-corrected chi connectivity index (χ2v) is 4.62. The molecule has 1 heterocycles. The molecule has 1 aliphatic heterocycles. The van der Waals surface area contributed by atoms with E-state index in [2.05, 4.69) is 11.3 Å². The zero-order valence-electron chi connectivity index (χ0n) is 10.1. The maximum Gasteiger partial charge on any atom is 0.335 e. The number of carbonyl (C=O) groups excluding carboxylic acids is 1. The van der Waals surface area contributed by atoms with E-state index in [1.165, 1.54) is 5.01 Å². The van der Waals surface area contributed by atoms with Crippen LogP contribution in [0, 0.1) is 12.3 Å². The molecule has 0 aromatic heterocycles. The van der Waals surface area contributed by atoms with Gasteiger partial charge in [0.2, 0.25) is 0 Å². The molecule has 1 unspecified atom stereocenters. The van der Waals surface area contributed by atoms with Crippen LogP contribution in [0.1, 0.15) is 11.6 Å². The molecule has 1 aliphatic rings. The Kier molecular flexibility index (Phi) is 3.75. The second kappa shape index (κ2) is 5.30. The summed E-state index contributed by atoms with van der Waals surface area (Å²) >= 11 is 5.86. The Bertz CT molecular complexity index is 480. The Morgan fingerprint density at radius 1 is 1.50 bits per heavy atom. The number of hydrazine groups is 1. The lowest BCUT2D eigenvalue weighted by Crippen LogP contribution is -2.57. The van der Waals surface area contributed by atoms with E-state index in [9.17, 15) is 4.79 Å². The van der Waals surface area contributed by atoms with Gasteiger partial charge in [0.15, 0.2) is 0 Å². The number of likely N-dealkylation sites (N-methyl/N-ethyl adjacent to an activating group) is 1. The predicted molar refractivity (Wildman–Crippen MR) is 70.9 cm³/mol. The van der Waals surface area contributed by atoms with E-state index in [0.29, 0.717) is 11.6 Å². The lowest BCUT2D eigenvalue weighted by Gasteiger charge is -2.38. The van der Waals surface area contributed by atoms with Gasteiger partial charge in [-0.15, -0.1) is 6.42 Å². The summed E-state index contributed by atoms with van der Waals surface area (Å²) < 4.78 is 0. The zero-order valence-corrected chi connectivity index (χ0v) is 10.8. The highest BCUT2D eigenvalue weighted by atomic mass is 35.5. The zero-order chi connectivity index (χ0) is 13.1. The molecule has 1 aromatic carbocycles. The third kappa shape index (κ3) is 2.58. The molecule has 1 fully saturated rings. The fraction of sp³-hybridized carbons (Fsp3) is 0.308. The number of rotatable bonds is 2. The van der Waals surface area contributed by atoms with E-state index in [4.69, 9.17) is 18.0 Å². The Hall–Kier alpha value is -1.70. The molecule has 0 spiro atoms. The number of carbonyl (C=O) groups is 1. The van der Waals surface area contributed by atoms with Crippen molar-refractivity contribution < 1.29 is 4.79 Å². The van der Waals surface area contributed by atoms with Gasteiger partial charge in [-0.2, -0.15) is 0 Å². The Balaban J connectivity index is 2.17. The van der Waals surface area contributed by atoms with Crippen molar-refractivity contribution in [3.05, 3.63) is 34.9 Å². The number of halogens is 1. The molecule has 0 saturated carbocycles. The molecule has 0 radical (unpaired) electrons. The molecule has 0 bridgehead atoms. The highest BCUT2D eigenvalue weighted by Crippen LogP contribution is 2.21. The van der Waals surface area contributed by atoms with Crippen LogP contribution >= 0.6 is 11.6 Å². The van der Waals surface area contributed by atoms with E-state index >= 15 is 0 Å². The second-order valence-electron chi connectivity index (χ2n) is 4.19. The van der Waals surface area contributed by atoms with Crippen molar-refractivity contribution >= 4 is 17.6 Å². The quantitative estimate of drug-likeness (QED) is 0.827. The molecule has 0 aliphatic carbocycles. The summed E-state index contributed by atoms with van der Waals surface area (Å²) in [7, 11) is 1.76. The first kappa shape index (κ1) is 12.7. The first-order valence-electron chi connectivity index (χ1n) is 5.59. The van der Waals surface area contributed by atoms with Gasteiger partial charge in [0.05, 0.1) is 12.6 Å². The number of benzene rings is 1. The van der Waals surface area contributed by atoms with Crippen molar-refractivity contribution in [3.63, 3.8) is 0 Å². The molecule has 94 valence electrons. The smallest absolute Gasteiger partial charge is 0.325 e. The monoisotopic (exact) mass is 263 g/mol. The molecule has 1 saturated heterocycles. The van der Waals surface area contributed by atoms with Crippen LogP contribution in [-0.2, 0) is 0 Å². The van der Waals surface area contributed by atoms with Gasteiger partial charge >= 0.3 is 6.03 Å². The lowest BCUT2D eigenvalue weighted by molar-refractivity contribution is 0.0953. The van der Waals surface area contributed by atoms with Crippen molar-refractivity contribution in [3.8, 4) is 12.3 Å². The van der Waals surface area contributed by atoms with E-state index in [1.807, 2.05) is 24.3 Å². The molecule has 2 amide bonds. The molecular formula is C13H14ClN3O. The van der Waals surface area contributed by atoms with Gasteiger partial charge < -0.3 is 4.90 Å². The number of nitrogens with one attached hydrogen (secondary N) is 1. The first-order chi connectivity index (χ1) is 8.61. The van der Waals surface area contributed by atoms with Crippen molar-refractivity contribution in [2.75, 3.05) is 20.1 Å². The minimum Gasteiger partial charge on any atom is -0.325 e. The van der Waals surface area contributed by atoms with Gasteiger partial charge in [0, 0.05) is 18.6 Å². The summed E-state index contributed by atoms with van der Waals surface area (Å²) in [5.41, 5.74) is 4.20. The maximum atomic E-state index is 11.8. The van der Waals surface area contributed by atoms with Crippen molar-refractivity contribution in [2.45, 2.75) is 6.04 Å². The molecule has 2 rings (SSSR count). The van der Waals surface area contributed by atoms with Crippen LogP contribution in [0.3, 0.4) is 0 Å². The van der Waals surface area contributed by atoms with Crippen molar-refractivity contribution in [1.29, 1.82) is 0 Å². The molecule has 18 heavy (non-hydrogen) atoms. The highest BCUT2D eigenvalue weighted by Gasteiger charge is 2.29. The van der Waals surface area contributed by atoms with E-state index in [0.717, 1.165) is 5.56 Å². The number of hydrogen-bond acceptors (Lipinski definition) is 2. The summed E-state index contributed by atoms with van der Waals surface area (Å²) in [6.45, 7) is 0.842. The van der Waals surface area contributed by atoms with E-state index in [-0.39, 0.29) is 18.6 Å². The van der Waals surface area contributed by atoms with Crippen LogP contribution in [0.2, 0.25) is 5.02 Å². The van der Waals surface area contributed by atoms with E-state index < -0.39 is 0 Å². The Labute approximate surface area is 111 Å². The molecular weight excluding hydrogens is 250 g/mol. The summed E-state index contributed by atoms with van der Waals surface area (Å²) in [5, 5.41) is 2.14. The molecule has 4 nitrogen and oxygen atoms in total. The van der Waals surface area contributed by atoms with Crippen LogP contribution in [0.5, 0.6) is 0 Å². The summed E-state index contributed by atoms with van der Waals surface area (Å²) in [6.07, 6.45) is 5.25. The highest BCUT2D eigenvalue weighted by molar-refractivity contribution is 6.30. The average molecular weight is 264 g/mol. The van der Waals surface area contributed by atoms with Gasteiger partial charge in [-0.3, -0.25) is 0 Å². The minimum atomic E-state index is -0.113. The molecule has 5 heteroatoms. The number of amides is 2. The third-order valence-corrected chi connectivity index (χ3v) is 3.10. The van der Waals surface area contributed by atoms with Crippen LogP contribution in [0.4, 0.5) is 4.79 Å². The fourth-order valence-electron chi connectivity index (χ4n) is 1.92. The summed E-state index contributed by atoms with van der Waals surface area (Å²) in [6, 6.07) is 7.47. The Morgan fingerprint density at radius 2 is 2.17 bits per heavy atom. The van der Waals surface area contributed by atoms with Gasteiger partial charge in [0.1, 0.15) is 0 Å². The van der Waals surface area contributed by atoms with Crippen LogP contribution in [0.15, 0.2) is 24.3 Å². The summed E-state index contributed by atoms with van der Waals surface area (Å²) in [4.78, 5) is 13.5. The maximum absolute atomic E-state index is 11.8. The van der Waals surface area contributed by atoms with Gasteiger partial charge in [0.25, 0.3) is 0 Å². The van der Waals surface area contributed by atoms with Gasteiger partial charge in [-0.25, -0.2) is 15.2 Å². The van der Waals surface area contributed by atoms with Crippen molar-refractivity contribution in [2.24, 2.45) is 0 Å². The molecule has 1 aromatic rings. The number of urea groups is 1. The lowest BCUT2D eigenvalue weighted by atomic mass is 10.1. The topological polar surface area (TPSA) is 35.6 Å². The van der Waals surface area contributed by atoms with Crippen LogP contribution in [0.25, 0.3) is 0 Å². The Morgan fingerprint density at radius 3 is 2.78 bits per heavy atom. The fourth-order valence-corrected chi connectivity index (χ4v) is 2.05. The number of nitrogens with zero attached hydrogens (tertiary/aromatic N) is 2.